The van der Waals surface area contributed by atoms with E-state index in [9.17, 15) is 9.18 Å². The molecule has 29 heavy (non-hydrogen) atoms. The third kappa shape index (κ3) is 5.71. The van der Waals surface area contributed by atoms with Gasteiger partial charge in [0.2, 0.25) is 5.91 Å². The minimum absolute atomic E-state index is 0.142. The first kappa shape index (κ1) is 20.7. The zero-order valence-electron chi connectivity index (χ0n) is 15.9. The monoisotopic (exact) mass is 416 g/mol. The number of allylic oxidation sites excluding steroid dienone is 1. The van der Waals surface area contributed by atoms with Crippen molar-refractivity contribution in [2.45, 2.75) is 31.3 Å². The minimum Gasteiger partial charge on any atom is -0.483 e. The highest BCUT2D eigenvalue weighted by Crippen LogP contribution is 2.24. The summed E-state index contributed by atoms with van der Waals surface area (Å²) in [4.78, 5) is 12.1. The molecule has 0 saturated heterocycles. The molecular weight excluding hydrogens is 395 g/mol. The van der Waals surface area contributed by atoms with E-state index >= 15 is 0 Å². The number of thioether (sulfide) groups is 1. The lowest BCUT2D eigenvalue weighted by molar-refractivity contribution is -0.118. The molecule has 0 bridgehead atoms. The molecule has 1 unspecified atom stereocenters. The van der Waals surface area contributed by atoms with Gasteiger partial charge in [-0.05, 0) is 43.3 Å². The maximum absolute atomic E-state index is 13.1. The van der Waals surface area contributed by atoms with Gasteiger partial charge in [0, 0.05) is 6.54 Å². The number of hydrogen-bond donors (Lipinski definition) is 1. The third-order valence-corrected chi connectivity index (χ3v) is 4.89. The number of aromatic nitrogens is 3. The van der Waals surface area contributed by atoms with Crippen molar-refractivity contribution in [1.29, 1.82) is 0 Å². The first-order valence-electron chi connectivity index (χ1n) is 8.95. The average molecular weight is 416 g/mol. The van der Waals surface area contributed by atoms with Crippen LogP contribution in [0.1, 0.15) is 24.6 Å². The Kier molecular flexibility index (Phi) is 7.07. The van der Waals surface area contributed by atoms with Crippen molar-refractivity contribution >= 4 is 17.7 Å². The Morgan fingerprint density at radius 2 is 2.17 bits per heavy atom. The number of amides is 1. The number of benzene rings is 1. The second-order valence-electron chi connectivity index (χ2n) is 6.10. The number of ether oxygens (including phenoxy) is 1. The molecular formula is C20H21FN4O3S. The van der Waals surface area contributed by atoms with Crippen molar-refractivity contribution < 1.29 is 18.3 Å². The van der Waals surface area contributed by atoms with Crippen molar-refractivity contribution in [3.63, 3.8) is 0 Å². The van der Waals surface area contributed by atoms with E-state index in [2.05, 4.69) is 22.1 Å². The van der Waals surface area contributed by atoms with Crippen LogP contribution in [0.15, 0.2) is 64.9 Å². The Morgan fingerprint density at radius 1 is 1.38 bits per heavy atom. The van der Waals surface area contributed by atoms with E-state index < -0.39 is 6.10 Å². The second-order valence-corrected chi connectivity index (χ2v) is 7.04. The van der Waals surface area contributed by atoms with E-state index in [4.69, 9.17) is 9.15 Å². The molecule has 7 nitrogen and oxygen atoms in total. The SMILES string of the molecule is C=CCn1c(SCC(=O)NCc2ccco2)nnc1C(C)Oc1ccc(F)cc1. The molecule has 0 fully saturated rings. The Bertz CT molecular complexity index is 941. The largest absolute Gasteiger partial charge is 0.483 e. The van der Waals surface area contributed by atoms with Gasteiger partial charge in [0.1, 0.15) is 17.3 Å². The van der Waals surface area contributed by atoms with E-state index in [1.165, 1.54) is 23.9 Å². The molecule has 1 aromatic carbocycles. The predicted octanol–water partition coefficient (Wildman–Crippen LogP) is 3.74. The molecule has 152 valence electrons. The van der Waals surface area contributed by atoms with Crippen LogP contribution in [-0.2, 0) is 17.9 Å². The van der Waals surface area contributed by atoms with Gasteiger partial charge in [0.25, 0.3) is 0 Å². The summed E-state index contributed by atoms with van der Waals surface area (Å²) in [5.41, 5.74) is 0. The van der Waals surface area contributed by atoms with E-state index in [-0.39, 0.29) is 17.5 Å². The molecule has 0 aliphatic rings. The van der Waals surface area contributed by atoms with Gasteiger partial charge in [-0.3, -0.25) is 9.36 Å². The van der Waals surface area contributed by atoms with Gasteiger partial charge in [0.15, 0.2) is 17.1 Å². The van der Waals surface area contributed by atoms with E-state index in [0.29, 0.717) is 35.6 Å². The van der Waals surface area contributed by atoms with Gasteiger partial charge in [-0.1, -0.05) is 17.8 Å². The minimum atomic E-state index is -0.421. The highest BCUT2D eigenvalue weighted by Gasteiger charge is 2.19. The molecule has 1 atom stereocenters. The van der Waals surface area contributed by atoms with Gasteiger partial charge < -0.3 is 14.5 Å². The van der Waals surface area contributed by atoms with Gasteiger partial charge in [-0.25, -0.2) is 4.39 Å². The highest BCUT2D eigenvalue weighted by atomic mass is 32.2. The maximum Gasteiger partial charge on any atom is 0.230 e. The lowest BCUT2D eigenvalue weighted by Gasteiger charge is -2.15. The summed E-state index contributed by atoms with van der Waals surface area (Å²) >= 11 is 1.27. The fourth-order valence-electron chi connectivity index (χ4n) is 2.56. The molecule has 0 aliphatic carbocycles. The Balaban J connectivity index is 1.61. The zero-order valence-corrected chi connectivity index (χ0v) is 16.7. The van der Waals surface area contributed by atoms with Gasteiger partial charge in [-0.15, -0.1) is 16.8 Å². The third-order valence-electron chi connectivity index (χ3n) is 3.92. The summed E-state index contributed by atoms with van der Waals surface area (Å²) in [6, 6.07) is 9.34. The summed E-state index contributed by atoms with van der Waals surface area (Å²) in [6.45, 7) is 6.40. The number of halogens is 1. The molecule has 1 N–H and O–H groups in total. The Labute approximate surface area is 172 Å². The smallest absolute Gasteiger partial charge is 0.230 e. The van der Waals surface area contributed by atoms with Gasteiger partial charge >= 0.3 is 0 Å². The van der Waals surface area contributed by atoms with Crippen LogP contribution in [0.25, 0.3) is 0 Å². The van der Waals surface area contributed by atoms with Crippen molar-refractivity contribution in [2.75, 3.05) is 5.75 Å². The van der Waals surface area contributed by atoms with Crippen molar-refractivity contribution in [1.82, 2.24) is 20.1 Å². The number of furan rings is 1. The highest BCUT2D eigenvalue weighted by molar-refractivity contribution is 7.99. The number of nitrogens with one attached hydrogen (secondary N) is 1. The molecule has 1 amide bonds. The van der Waals surface area contributed by atoms with E-state index in [1.807, 2.05) is 11.5 Å². The van der Waals surface area contributed by atoms with Crippen LogP contribution < -0.4 is 10.1 Å². The number of hydrogen-bond acceptors (Lipinski definition) is 6. The van der Waals surface area contributed by atoms with Crippen LogP contribution in [0.4, 0.5) is 4.39 Å². The molecule has 3 rings (SSSR count). The lowest BCUT2D eigenvalue weighted by atomic mass is 10.3. The van der Waals surface area contributed by atoms with Crippen molar-refractivity contribution in [3.8, 4) is 5.75 Å². The van der Waals surface area contributed by atoms with E-state index in [1.54, 1.807) is 36.6 Å². The molecule has 2 aromatic heterocycles. The van der Waals surface area contributed by atoms with Gasteiger partial charge in [0.05, 0.1) is 18.6 Å². The first-order chi connectivity index (χ1) is 14.1. The lowest BCUT2D eigenvalue weighted by Crippen LogP contribution is -2.24. The standard InChI is InChI=1S/C20H21FN4O3S/c1-3-10-25-19(14(2)28-16-8-6-15(21)7-9-16)23-24-20(25)29-13-18(26)22-12-17-5-4-11-27-17/h3-9,11,14H,1,10,12-13H2,2H3,(H,22,26). The fourth-order valence-corrected chi connectivity index (χ4v) is 3.34. The predicted molar refractivity (Wildman–Crippen MR) is 107 cm³/mol. The number of nitrogens with zero attached hydrogens (tertiary/aromatic N) is 3. The molecule has 0 aliphatic heterocycles. The topological polar surface area (TPSA) is 82.2 Å². The molecule has 0 saturated carbocycles. The van der Waals surface area contributed by atoms with Crippen LogP contribution in [0, 0.1) is 5.82 Å². The fraction of sp³-hybridized carbons (Fsp3) is 0.250. The number of carbonyl (C=O) groups excluding carboxylic acids is 1. The van der Waals surface area contributed by atoms with Crippen LogP contribution in [0.2, 0.25) is 0 Å². The number of carbonyl (C=O) groups is 1. The van der Waals surface area contributed by atoms with Crippen LogP contribution in [0.5, 0.6) is 5.75 Å². The van der Waals surface area contributed by atoms with Gasteiger partial charge in [-0.2, -0.15) is 0 Å². The summed E-state index contributed by atoms with van der Waals surface area (Å²) in [5.74, 6) is 1.52. The second kappa shape index (κ2) is 9.92. The van der Waals surface area contributed by atoms with E-state index in [0.717, 1.165) is 0 Å². The van der Waals surface area contributed by atoms with Crippen LogP contribution in [0.3, 0.4) is 0 Å². The van der Waals surface area contributed by atoms with Crippen molar-refractivity contribution in [2.24, 2.45) is 0 Å². The number of rotatable bonds is 10. The molecule has 2 heterocycles. The van der Waals surface area contributed by atoms with Crippen LogP contribution >= 0.6 is 11.8 Å². The molecule has 9 heteroatoms. The Hall–Kier alpha value is -3.07. The first-order valence-corrected chi connectivity index (χ1v) is 9.93. The summed E-state index contributed by atoms with van der Waals surface area (Å²) in [5, 5.41) is 11.8. The molecule has 0 radical (unpaired) electrons. The Morgan fingerprint density at radius 3 is 2.86 bits per heavy atom. The van der Waals surface area contributed by atoms with Crippen LogP contribution in [-0.4, -0.2) is 26.4 Å². The van der Waals surface area contributed by atoms with Crippen molar-refractivity contribution in [3.05, 3.63) is 72.7 Å². The quantitative estimate of drug-likeness (QED) is 0.400. The maximum atomic E-state index is 13.1. The average Bonchev–Trinajstić information content (AvgIpc) is 3.37. The zero-order chi connectivity index (χ0) is 20.6. The molecule has 0 spiro atoms. The summed E-state index contributed by atoms with van der Waals surface area (Å²) in [6.07, 6.45) is 2.86. The normalized spacial score (nSPS) is 11.8. The molecule has 3 aromatic rings. The summed E-state index contributed by atoms with van der Waals surface area (Å²) < 4.78 is 25.9. The summed E-state index contributed by atoms with van der Waals surface area (Å²) in [7, 11) is 0.